The Balaban J connectivity index is 1.59. The molecule has 32 heavy (non-hydrogen) atoms. The summed E-state index contributed by atoms with van der Waals surface area (Å²) in [5.74, 6) is -3.90. The molecular formula is C20H21F2N5O3S2. The molecule has 0 saturated heterocycles. The fourth-order valence-electron chi connectivity index (χ4n) is 2.77. The first-order valence-electron chi connectivity index (χ1n) is 9.73. The van der Waals surface area contributed by atoms with Gasteiger partial charge in [-0.1, -0.05) is 37.2 Å². The largest absolute Gasteiger partial charge is 0.341 e. The van der Waals surface area contributed by atoms with Crippen molar-refractivity contribution in [1.29, 1.82) is 0 Å². The number of amides is 1. The van der Waals surface area contributed by atoms with Gasteiger partial charge < -0.3 is 5.32 Å². The number of nitrogens with one attached hydrogen (secondary N) is 1. The predicted octanol–water partition coefficient (Wildman–Crippen LogP) is 3.73. The van der Waals surface area contributed by atoms with Crippen LogP contribution < -0.4 is 5.32 Å². The molecule has 0 aliphatic rings. The van der Waals surface area contributed by atoms with E-state index in [0.717, 1.165) is 48.8 Å². The van der Waals surface area contributed by atoms with Gasteiger partial charge in [-0.3, -0.25) is 4.79 Å². The number of tetrazole rings is 1. The molecule has 0 atom stereocenters. The maximum Gasteiger partial charge on any atom is 0.341 e. The van der Waals surface area contributed by atoms with Crippen molar-refractivity contribution < 1.29 is 22.0 Å². The first-order chi connectivity index (χ1) is 15.3. The van der Waals surface area contributed by atoms with Gasteiger partial charge in [0.25, 0.3) is 0 Å². The van der Waals surface area contributed by atoms with Gasteiger partial charge in [-0.15, -0.1) is 5.10 Å². The lowest BCUT2D eigenvalue weighted by Gasteiger charge is -2.08. The van der Waals surface area contributed by atoms with Crippen LogP contribution in [0.2, 0.25) is 0 Å². The Labute approximate surface area is 188 Å². The van der Waals surface area contributed by atoms with Crippen molar-refractivity contribution >= 4 is 33.2 Å². The smallest absolute Gasteiger partial charge is 0.325 e. The summed E-state index contributed by atoms with van der Waals surface area (Å²) >= 11 is 1.13. The van der Waals surface area contributed by atoms with Crippen molar-refractivity contribution in [3.8, 4) is 5.69 Å². The SMILES string of the molecule is CCCCc1ccc(-n2nnnc2SCC(=O)Nc2ccc(S(=O)(=O)C(F)F)cc2)cc1. The lowest BCUT2D eigenvalue weighted by Crippen LogP contribution is -2.15. The molecule has 1 N–H and O–H groups in total. The number of carbonyl (C=O) groups excluding carboxylic acids is 1. The lowest BCUT2D eigenvalue weighted by atomic mass is 10.1. The summed E-state index contributed by atoms with van der Waals surface area (Å²) < 4.78 is 49.6. The summed E-state index contributed by atoms with van der Waals surface area (Å²) in [6, 6.07) is 12.4. The van der Waals surface area contributed by atoms with E-state index in [4.69, 9.17) is 0 Å². The number of aryl methyl sites for hydroxylation is 1. The molecule has 8 nitrogen and oxygen atoms in total. The highest BCUT2D eigenvalue weighted by molar-refractivity contribution is 7.99. The molecule has 0 bridgehead atoms. The minimum Gasteiger partial charge on any atom is -0.325 e. The third kappa shape index (κ3) is 5.88. The van der Waals surface area contributed by atoms with Crippen LogP contribution in [0.15, 0.2) is 58.6 Å². The zero-order chi connectivity index (χ0) is 23.1. The summed E-state index contributed by atoms with van der Waals surface area (Å²) in [6.45, 7) is 2.14. The van der Waals surface area contributed by atoms with Crippen molar-refractivity contribution in [2.45, 2.75) is 42.0 Å². The van der Waals surface area contributed by atoms with Gasteiger partial charge in [-0.05, 0) is 65.2 Å². The van der Waals surface area contributed by atoms with E-state index in [1.54, 1.807) is 0 Å². The first kappa shape index (κ1) is 23.8. The average Bonchev–Trinajstić information content (AvgIpc) is 3.25. The van der Waals surface area contributed by atoms with Gasteiger partial charge in [0, 0.05) is 5.69 Å². The fraction of sp³-hybridized carbons (Fsp3) is 0.300. The molecule has 0 unspecified atom stereocenters. The molecule has 2 aromatic carbocycles. The minimum absolute atomic E-state index is 0.00790. The molecule has 0 fully saturated rings. The molecule has 0 aliphatic heterocycles. The molecule has 0 aliphatic carbocycles. The van der Waals surface area contributed by atoms with Gasteiger partial charge in [-0.2, -0.15) is 13.5 Å². The molecular weight excluding hydrogens is 460 g/mol. The molecule has 12 heteroatoms. The Kier molecular flexibility index (Phi) is 7.91. The predicted molar refractivity (Wildman–Crippen MR) is 117 cm³/mol. The van der Waals surface area contributed by atoms with E-state index in [0.29, 0.717) is 5.16 Å². The zero-order valence-corrected chi connectivity index (χ0v) is 18.7. The summed E-state index contributed by atoms with van der Waals surface area (Å²) in [5.41, 5.74) is 2.28. The highest BCUT2D eigenvalue weighted by Crippen LogP contribution is 2.22. The van der Waals surface area contributed by atoms with Crippen molar-refractivity contribution in [1.82, 2.24) is 20.2 Å². The molecule has 1 aromatic heterocycles. The Morgan fingerprint density at radius 2 is 1.81 bits per heavy atom. The Hall–Kier alpha value is -2.86. The van der Waals surface area contributed by atoms with Crippen LogP contribution in [0.1, 0.15) is 25.3 Å². The number of hydrogen-bond acceptors (Lipinski definition) is 7. The third-order valence-corrected chi connectivity index (χ3v) is 6.79. The van der Waals surface area contributed by atoms with Crippen LogP contribution in [0.4, 0.5) is 14.5 Å². The molecule has 3 rings (SSSR count). The van der Waals surface area contributed by atoms with Crippen LogP contribution in [0.3, 0.4) is 0 Å². The highest BCUT2D eigenvalue weighted by atomic mass is 32.2. The van der Waals surface area contributed by atoms with E-state index in [1.165, 1.54) is 22.4 Å². The van der Waals surface area contributed by atoms with Crippen LogP contribution in [-0.2, 0) is 21.1 Å². The van der Waals surface area contributed by atoms with Crippen LogP contribution in [0.5, 0.6) is 0 Å². The number of alkyl halides is 2. The standard InChI is InChI=1S/C20H21F2N5O3S2/c1-2-3-4-14-5-9-16(10-6-14)27-20(24-25-26-27)31-13-18(28)23-15-7-11-17(12-8-15)32(29,30)19(21)22/h5-12,19H,2-4,13H2,1H3,(H,23,28). The maximum absolute atomic E-state index is 12.6. The highest BCUT2D eigenvalue weighted by Gasteiger charge is 2.26. The molecule has 1 heterocycles. The number of carbonyl (C=O) groups is 1. The average molecular weight is 482 g/mol. The topological polar surface area (TPSA) is 107 Å². The fourth-order valence-corrected chi connectivity index (χ4v) is 4.19. The van der Waals surface area contributed by atoms with Gasteiger partial charge >= 0.3 is 5.76 Å². The van der Waals surface area contributed by atoms with Crippen molar-refractivity contribution in [2.24, 2.45) is 0 Å². The monoisotopic (exact) mass is 481 g/mol. The summed E-state index contributed by atoms with van der Waals surface area (Å²) in [5, 5.41) is 14.6. The van der Waals surface area contributed by atoms with Crippen LogP contribution in [0, 0.1) is 0 Å². The van der Waals surface area contributed by atoms with Crippen molar-refractivity contribution in [3.05, 3.63) is 54.1 Å². The number of halogens is 2. The number of hydrogen-bond donors (Lipinski definition) is 1. The minimum atomic E-state index is -4.68. The molecule has 0 radical (unpaired) electrons. The first-order valence-corrected chi connectivity index (χ1v) is 12.3. The Morgan fingerprint density at radius 1 is 1.12 bits per heavy atom. The number of anilines is 1. The number of nitrogens with zero attached hydrogens (tertiary/aromatic N) is 4. The van der Waals surface area contributed by atoms with Crippen molar-refractivity contribution in [3.63, 3.8) is 0 Å². The summed E-state index contributed by atoms with van der Waals surface area (Å²) in [7, 11) is -4.68. The van der Waals surface area contributed by atoms with Gasteiger partial charge in [-0.25, -0.2) is 8.42 Å². The van der Waals surface area contributed by atoms with E-state index in [-0.39, 0.29) is 17.3 Å². The number of unbranched alkanes of at least 4 members (excludes halogenated alkanes) is 1. The molecule has 3 aromatic rings. The van der Waals surface area contributed by atoms with E-state index >= 15 is 0 Å². The van der Waals surface area contributed by atoms with E-state index in [9.17, 15) is 22.0 Å². The quantitative estimate of drug-likeness (QED) is 0.440. The molecule has 170 valence electrons. The number of aromatic nitrogens is 4. The molecule has 1 amide bonds. The number of thioether (sulfide) groups is 1. The number of benzene rings is 2. The third-order valence-electron chi connectivity index (χ3n) is 4.47. The maximum atomic E-state index is 12.6. The zero-order valence-electron chi connectivity index (χ0n) is 17.1. The van der Waals surface area contributed by atoms with Crippen LogP contribution in [0.25, 0.3) is 5.69 Å². The summed E-state index contributed by atoms with van der Waals surface area (Å²) in [6.07, 6.45) is 3.24. The number of rotatable bonds is 10. The van der Waals surface area contributed by atoms with Gasteiger partial charge in [0.15, 0.2) is 0 Å². The van der Waals surface area contributed by atoms with Gasteiger partial charge in [0.1, 0.15) is 0 Å². The molecule has 0 spiro atoms. The van der Waals surface area contributed by atoms with Gasteiger partial charge in [0.2, 0.25) is 20.9 Å². The second kappa shape index (κ2) is 10.6. The Bertz CT molecular complexity index is 1150. The van der Waals surface area contributed by atoms with Crippen LogP contribution in [-0.4, -0.2) is 46.0 Å². The van der Waals surface area contributed by atoms with E-state index in [2.05, 4.69) is 27.8 Å². The normalized spacial score (nSPS) is 11.6. The lowest BCUT2D eigenvalue weighted by molar-refractivity contribution is -0.113. The summed E-state index contributed by atoms with van der Waals surface area (Å²) in [4.78, 5) is 11.7. The van der Waals surface area contributed by atoms with Crippen LogP contribution >= 0.6 is 11.8 Å². The van der Waals surface area contributed by atoms with E-state index < -0.39 is 20.5 Å². The Morgan fingerprint density at radius 3 is 2.44 bits per heavy atom. The molecule has 0 saturated carbocycles. The van der Waals surface area contributed by atoms with Crippen molar-refractivity contribution in [2.75, 3.05) is 11.1 Å². The second-order valence-electron chi connectivity index (χ2n) is 6.81. The van der Waals surface area contributed by atoms with E-state index in [1.807, 2.05) is 24.3 Å². The number of sulfone groups is 1. The second-order valence-corrected chi connectivity index (χ2v) is 9.67. The van der Waals surface area contributed by atoms with Gasteiger partial charge in [0.05, 0.1) is 16.3 Å².